The number of rotatable bonds is 4. The number of nitrogens with zero attached hydrogens (tertiary/aromatic N) is 5. The minimum Gasteiger partial charge on any atom is -0.356 e. The van der Waals surface area contributed by atoms with Gasteiger partial charge in [0, 0.05) is 49.2 Å². The van der Waals surface area contributed by atoms with E-state index in [0.29, 0.717) is 17.4 Å². The number of imidazole rings is 1. The van der Waals surface area contributed by atoms with Gasteiger partial charge in [-0.3, -0.25) is 0 Å². The first-order valence-corrected chi connectivity index (χ1v) is 8.71. The molecule has 1 aliphatic heterocycles. The molecule has 3 aromatic rings. The molecular weight excluding hydrogens is 310 g/mol. The molecule has 1 aromatic carbocycles. The lowest BCUT2D eigenvalue weighted by Gasteiger charge is -2.40. The number of para-hydroxylation sites is 1. The van der Waals surface area contributed by atoms with Gasteiger partial charge in [0.15, 0.2) is 0 Å². The minimum atomic E-state index is 0.437. The number of fused-ring (bicyclic) bond motifs is 1. The minimum absolute atomic E-state index is 0.437. The van der Waals surface area contributed by atoms with Gasteiger partial charge in [-0.1, -0.05) is 32.0 Å². The molecule has 0 unspecified atom stereocenters. The summed E-state index contributed by atoms with van der Waals surface area (Å²) in [5.74, 6) is 3.08. The van der Waals surface area contributed by atoms with Crippen LogP contribution in [0.2, 0.25) is 0 Å². The van der Waals surface area contributed by atoms with E-state index in [1.807, 2.05) is 36.5 Å². The Balaban J connectivity index is 1.50. The van der Waals surface area contributed by atoms with Crippen molar-refractivity contribution in [2.45, 2.75) is 26.3 Å². The van der Waals surface area contributed by atoms with Crippen LogP contribution in [0.5, 0.6) is 0 Å². The van der Waals surface area contributed by atoms with Gasteiger partial charge in [-0.15, -0.1) is 0 Å². The second kappa shape index (κ2) is 6.21. The van der Waals surface area contributed by atoms with E-state index in [2.05, 4.69) is 40.6 Å². The molecule has 4 rings (SSSR count). The molecule has 0 atom stereocenters. The van der Waals surface area contributed by atoms with Crippen LogP contribution in [0.4, 0.5) is 5.82 Å². The molecule has 0 amide bonds. The smallest absolute Gasteiger partial charge is 0.130 e. The highest BCUT2D eigenvalue weighted by Gasteiger charge is 2.29. The number of pyridine rings is 1. The predicted molar refractivity (Wildman–Crippen MR) is 98.5 cm³/mol. The zero-order valence-corrected chi connectivity index (χ0v) is 14.6. The largest absolute Gasteiger partial charge is 0.356 e. The number of aromatic nitrogens is 3. The Morgan fingerprint density at radius 3 is 2.84 bits per heavy atom. The van der Waals surface area contributed by atoms with Gasteiger partial charge in [-0.25, -0.2) is 9.97 Å². The van der Waals surface area contributed by atoms with Crippen molar-refractivity contribution in [2.75, 3.05) is 18.0 Å². The SMILES string of the molecule is CC(C)c1nccn1CC1CN(c2cc(C#N)c3ccccc3n2)C1. The van der Waals surface area contributed by atoms with Crippen LogP contribution in [0.3, 0.4) is 0 Å². The van der Waals surface area contributed by atoms with Gasteiger partial charge < -0.3 is 9.47 Å². The summed E-state index contributed by atoms with van der Waals surface area (Å²) in [6.45, 7) is 7.27. The number of nitriles is 1. The van der Waals surface area contributed by atoms with E-state index >= 15 is 0 Å². The van der Waals surface area contributed by atoms with E-state index in [-0.39, 0.29) is 0 Å². The highest BCUT2D eigenvalue weighted by atomic mass is 15.2. The molecule has 1 saturated heterocycles. The fourth-order valence-electron chi connectivity index (χ4n) is 3.54. The Morgan fingerprint density at radius 1 is 1.28 bits per heavy atom. The van der Waals surface area contributed by atoms with Crippen molar-refractivity contribution in [3.63, 3.8) is 0 Å². The lowest BCUT2D eigenvalue weighted by atomic mass is 9.99. The maximum atomic E-state index is 9.43. The first-order chi connectivity index (χ1) is 12.2. The van der Waals surface area contributed by atoms with Crippen molar-refractivity contribution in [1.82, 2.24) is 14.5 Å². The summed E-state index contributed by atoms with van der Waals surface area (Å²) in [6.07, 6.45) is 3.95. The van der Waals surface area contributed by atoms with Crippen molar-refractivity contribution < 1.29 is 0 Å². The van der Waals surface area contributed by atoms with Crippen molar-refractivity contribution >= 4 is 16.7 Å². The summed E-state index contributed by atoms with van der Waals surface area (Å²) in [7, 11) is 0. The lowest BCUT2D eigenvalue weighted by Crippen LogP contribution is -2.49. The quantitative estimate of drug-likeness (QED) is 0.733. The normalized spacial score (nSPS) is 14.7. The number of hydrogen-bond donors (Lipinski definition) is 0. The Kier molecular flexibility index (Phi) is 3.89. The second-order valence-corrected chi connectivity index (χ2v) is 7.02. The summed E-state index contributed by atoms with van der Waals surface area (Å²) < 4.78 is 2.27. The van der Waals surface area contributed by atoms with Crippen molar-refractivity contribution in [3.05, 3.63) is 54.1 Å². The van der Waals surface area contributed by atoms with Crippen molar-refractivity contribution in [1.29, 1.82) is 5.26 Å². The summed E-state index contributed by atoms with van der Waals surface area (Å²) >= 11 is 0. The summed E-state index contributed by atoms with van der Waals surface area (Å²) in [4.78, 5) is 11.5. The van der Waals surface area contributed by atoms with Crippen LogP contribution < -0.4 is 4.90 Å². The van der Waals surface area contributed by atoms with E-state index in [9.17, 15) is 5.26 Å². The Bertz CT molecular complexity index is 944. The van der Waals surface area contributed by atoms with E-state index in [1.165, 1.54) is 0 Å². The fourth-order valence-corrected chi connectivity index (χ4v) is 3.54. The van der Waals surface area contributed by atoms with Gasteiger partial charge in [-0.2, -0.15) is 5.26 Å². The van der Waals surface area contributed by atoms with Crippen LogP contribution in [0, 0.1) is 17.2 Å². The van der Waals surface area contributed by atoms with E-state index in [4.69, 9.17) is 4.98 Å². The maximum absolute atomic E-state index is 9.43. The van der Waals surface area contributed by atoms with Gasteiger partial charge >= 0.3 is 0 Å². The summed E-state index contributed by atoms with van der Waals surface area (Å²) in [5.41, 5.74) is 1.58. The molecule has 25 heavy (non-hydrogen) atoms. The molecule has 0 spiro atoms. The highest BCUT2D eigenvalue weighted by Crippen LogP contribution is 2.28. The van der Waals surface area contributed by atoms with Gasteiger partial charge in [0.1, 0.15) is 11.6 Å². The molecule has 0 aliphatic carbocycles. The monoisotopic (exact) mass is 331 g/mol. The van der Waals surface area contributed by atoms with Gasteiger partial charge in [-0.05, 0) is 12.1 Å². The van der Waals surface area contributed by atoms with Crippen LogP contribution in [0.25, 0.3) is 10.9 Å². The third-order valence-corrected chi connectivity index (χ3v) is 4.82. The summed E-state index contributed by atoms with van der Waals surface area (Å²) in [6, 6.07) is 12.0. The molecule has 5 heteroatoms. The predicted octanol–water partition coefficient (Wildman–Crippen LogP) is 3.56. The van der Waals surface area contributed by atoms with Crippen LogP contribution in [0.15, 0.2) is 42.7 Å². The zero-order valence-electron chi connectivity index (χ0n) is 14.6. The van der Waals surface area contributed by atoms with Gasteiger partial charge in [0.05, 0.1) is 17.1 Å². The highest BCUT2D eigenvalue weighted by molar-refractivity contribution is 5.86. The molecule has 0 radical (unpaired) electrons. The summed E-state index contributed by atoms with van der Waals surface area (Å²) in [5, 5.41) is 10.4. The molecule has 0 saturated carbocycles. The number of anilines is 1. The molecule has 0 bridgehead atoms. The van der Waals surface area contributed by atoms with Crippen LogP contribution >= 0.6 is 0 Å². The van der Waals surface area contributed by atoms with Crippen molar-refractivity contribution in [2.24, 2.45) is 5.92 Å². The average Bonchev–Trinajstić information content (AvgIpc) is 3.05. The lowest BCUT2D eigenvalue weighted by molar-refractivity contribution is 0.349. The molecule has 1 fully saturated rings. The number of benzene rings is 1. The molecule has 2 aromatic heterocycles. The fraction of sp³-hybridized carbons (Fsp3) is 0.350. The maximum Gasteiger partial charge on any atom is 0.130 e. The Labute approximate surface area is 147 Å². The Hall–Kier alpha value is -2.87. The Morgan fingerprint density at radius 2 is 2.08 bits per heavy atom. The standard InChI is InChI=1S/C20H21N5/c1-14(2)20-22-7-8-24(20)11-15-12-25(13-15)19-9-16(10-21)17-5-3-4-6-18(17)23-19/h3-9,14-15H,11-13H2,1-2H3. The second-order valence-electron chi connectivity index (χ2n) is 7.02. The van der Waals surface area contributed by atoms with Crippen LogP contribution in [0.1, 0.15) is 31.2 Å². The van der Waals surface area contributed by atoms with Crippen molar-refractivity contribution in [3.8, 4) is 6.07 Å². The number of hydrogen-bond acceptors (Lipinski definition) is 4. The average molecular weight is 331 g/mol. The van der Waals surface area contributed by atoms with E-state index in [1.54, 1.807) is 0 Å². The molecule has 3 heterocycles. The first-order valence-electron chi connectivity index (χ1n) is 8.71. The van der Waals surface area contributed by atoms with Crippen LogP contribution in [-0.4, -0.2) is 27.6 Å². The van der Waals surface area contributed by atoms with Gasteiger partial charge in [0.2, 0.25) is 0 Å². The molecular formula is C20H21N5. The zero-order chi connectivity index (χ0) is 17.4. The third kappa shape index (κ3) is 2.85. The van der Waals surface area contributed by atoms with Crippen LogP contribution in [-0.2, 0) is 6.54 Å². The third-order valence-electron chi connectivity index (χ3n) is 4.82. The molecule has 126 valence electrons. The topological polar surface area (TPSA) is 57.7 Å². The molecule has 0 N–H and O–H groups in total. The van der Waals surface area contributed by atoms with E-state index in [0.717, 1.165) is 42.2 Å². The van der Waals surface area contributed by atoms with Gasteiger partial charge in [0.25, 0.3) is 0 Å². The molecule has 5 nitrogen and oxygen atoms in total. The first kappa shape index (κ1) is 15.6. The van der Waals surface area contributed by atoms with E-state index < -0.39 is 0 Å². The molecule has 1 aliphatic rings.